The molecule has 0 aromatic heterocycles. The van der Waals surface area contributed by atoms with Gasteiger partial charge in [-0.2, -0.15) is 0 Å². The van der Waals surface area contributed by atoms with Crippen molar-refractivity contribution in [3.05, 3.63) is 29.3 Å². The Labute approximate surface area is 118 Å². The van der Waals surface area contributed by atoms with Gasteiger partial charge >= 0.3 is 0 Å². The summed E-state index contributed by atoms with van der Waals surface area (Å²) in [5.74, 6) is -0.808. The molecule has 20 heavy (non-hydrogen) atoms. The summed E-state index contributed by atoms with van der Waals surface area (Å²) >= 11 is 0. The highest BCUT2D eigenvalue weighted by molar-refractivity contribution is 5.32. The van der Waals surface area contributed by atoms with Gasteiger partial charge in [0.05, 0.1) is 7.11 Å². The minimum atomic E-state index is -0.515. The molecule has 0 saturated carbocycles. The van der Waals surface area contributed by atoms with Crippen molar-refractivity contribution in [2.45, 2.75) is 25.8 Å². The van der Waals surface area contributed by atoms with Crippen LogP contribution in [0.5, 0.6) is 5.75 Å². The molecule has 1 aliphatic rings. The molecule has 5 heteroatoms. The van der Waals surface area contributed by atoms with Crippen LogP contribution in [0.1, 0.15) is 31.4 Å². The van der Waals surface area contributed by atoms with Crippen molar-refractivity contribution in [2.75, 3.05) is 33.3 Å². The number of nitrogens with one attached hydrogen (secondary N) is 1. The first kappa shape index (κ1) is 15.2. The number of hydrogen-bond donors (Lipinski definition) is 1. The van der Waals surface area contributed by atoms with Crippen LogP contribution in [0.3, 0.4) is 0 Å². The number of hydrogen-bond acceptors (Lipinski definition) is 3. The summed E-state index contributed by atoms with van der Waals surface area (Å²) in [6, 6.07) is 2.33. The van der Waals surface area contributed by atoms with Crippen LogP contribution in [-0.2, 0) is 0 Å². The SMILES string of the molecule is CCC[C@@H](c1c(F)cc(OC)cc1F)N1CCNCC1. The Hall–Kier alpha value is -1.20. The van der Waals surface area contributed by atoms with E-state index in [-0.39, 0.29) is 17.4 Å². The van der Waals surface area contributed by atoms with Crippen molar-refractivity contribution in [3.63, 3.8) is 0 Å². The number of rotatable bonds is 5. The Morgan fingerprint density at radius 2 is 1.85 bits per heavy atom. The fraction of sp³-hybridized carbons (Fsp3) is 0.600. The van der Waals surface area contributed by atoms with E-state index in [0.29, 0.717) is 0 Å². The third-order valence-electron chi connectivity index (χ3n) is 3.78. The molecule has 1 atom stereocenters. The fourth-order valence-electron chi connectivity index (χ4n) is 2.77. The lowest BCUT2D eigenvalue weighted by Crippen LogP contribution is -2.45. The zero-order valence-corrected chi connectivity index (χ0v) is 12.1. The average molecular weight is 284 g/mol. The lowest BCUT2D eigenvalue weighted by Gasteiger charge is -2.35. The second-order valence-electron chi connectivity index (χ2n) is 5.10. The molecule has 1 aliphatic heterocycles. The molecule has 1 fully saturated rings. The second-order valence-corrected chi connectivity index (χ2v) is 5.10. The number of ether oxygens (including phenoxy) is 1. The summed E-state index contributed by atoms with van der Waals surface area (Å²) in [6.45, 7) is 5.39. The molecule has 0 aliphatic carbocycles. The van der Waals surface area contributed by atoms with Gasteiger partial charge in [0.2, 0.25) is 0 Å². The van der Waals surface area contributed by atoms with E-state index in [1.807, 2.05) is 6.92 Å². The van der Waals surface area contributed by atoms with Crippen LogP contribution in [0.4, 0.5) is 8.78 Å². The molecule has 1 saturated heterocycles. The van der Waals surface area contributed by atoms with E-state index in [1.54, 1.807) is 0 Å². The highest BCUT2D eigenvalue weighted by Crippen LogP contribution is 2.32. The van der Waals surface area contributed by atoms with Crippen molar-refractivity contribution in [2.24, 2.45) is 0 Å². The molecule has 3 nitrogen and oxygen atoms in total. The van der Waals surface area contributed by atoms with Gasteiger partial charge in [0.15, 0.2) is 0 Å². The first-order valence-corrected chi connectivity index (χ1v) is 7.15. The molecule has 112 valence electrons. The number of halogens is 2. The van der Waals surface area contributed by atoms with Gasteiger partial charge in [0, 0.05) is 49.9 Å². The van der Waals surface area contributed by atoms with Gasteiger partial charge in [-0.25, -0.2) is 8.78 Å². The lowest BCUT2D eigenvalue weighted by molar-refractivity contribution is 0.158. The Balaban J connectivity index is 2.33. The molecule has 0 bridgehead atoms. The molecule has 0 unspecified atom stereocenters. The molecule has 1 N–H and O–H groups in total. The van der Waals surface area contributed by atoms with Crippen LogP contribution >= 0.6 is 0 Å². The summed E-state index contributed by atoms with van der Waals surface area (Å²) in [5, 5.41) is 3.26. The maximum absolute atomic E-state index is 14.3. The Morgan fingerprint density at radius 1 is 1.25 bits per heavy atom. The van der Waals surface area contributed by atoms with Gasteiger partial charge in [0.25, 0.3) is 0 Å². The molecule has 1 aromatic rings. The quantitative estimate of drug-likeness (QED) is 0.900. The van der Waals surface area contributed by atoms with E-state index in [1.165, 1.54) is 19.2 Å². The topological polar surface area (TPSA) is 24.5 Å². The maximum atomic E-state index is 14.3. The summed E-state index contributed by atoms with van der Waals surface area (Å²) in [6.07, 6.45) is 1.64. The third kappa shape index (κ3) is 3.27. The van der Waals surface area contributed by atoms with Gasteiger partial charge < -0.3 is 10.1 Å². The van der Waals surface area contributed by atoms with Crippen LogP contribution in [0, 0.1) is 11.6 Å². The first-order valence-electron chi connectivity index (χ1n) is 7.15. The van der Waals surface area contributed by atoms with Gasteiger partial charge in [-0.3, -0.25) is 4.90 Å². The van der Waals surface area contributed by atoms with E-state index in [0.717, 1.165) is 39.0 Å². The summed E-state index contributed by atoms with van der Waals surface area (Å²) < 4.78 is 33.4. The van der Waals surface area contributed by atoms with Crippen LogP contribution in [0.2, 0.25) is 0 Å². The zero-order valence-electron chi connectivity index (χ0n) is 12.1. The summed E-state index contributed by atoms with van der Waals surface area (Å²) in [7, 11) is 1.41. The van der Waals surface area contributed by atoms with Gasteiger partial charge in [0.1, 0.15) is 17.4 Å². The van der Waals surface area contributed by atoms with E-state index in [9.17, 15) is 8.78 Å². The van der Waals surface area contributed by atoms with Gasteiger partial charge in [-0.15, -0.1) is 0 Å². The molecular formula is C15H22F2N2O. The minimum Gasteiger partial charge on any atom is -0.497 e. The van der Waals surface area contributed by atoms with Crippen LogP contribution in [0.15, 0.2) is 12.1 Å². The predicted octanol–water partition coefficient (Wildman–Crippen LogP) is 2.72. The standard InChI is InChI=1S/C15H22F2N2O/c1-3-4-14(19-7-5-18-6-8-19)15-12(16)9-11(20-2)10-13(15)17/h9-10,14,18H,3-8H2,1-2H3/t14-/m0/s1. The van der Waals surface area contributed by atoms with Gasteiger partial charge in [-0.1, -0.05) is 13.3 Å². The second kappa shape index (κ2) is 6.99. The normalized spacial score (nSPS) is 18.0. The van der Waals surface area contributed by atoms with Crippen molar-refractivity contribution in [1.29, 1.82) is 0 Å². The number of piperazine rings is 1. The zero-order chi connectivity index (χ0) is 14.5. The first-order chi connectivity index (χ1) is 9.67. The number of methoxy groups -OCH3 is 1. The molecule has 0 radical (unpaired) electrons. The Morgan fingerprint density at radius 3 is 2.35 bits per heavy atom. The highest BCUT2D eigenvalue weighted by atomic mass is 19.1. The molecule has 0 spiro atoms. The van der Waals surface area contributed by atoms with Crippen LogP contribution < -0.4 is 10.1 Å². The van der Waals surface area contributed by atoms with Crippen LogP contribution in [0.25, 0.3) is 0 Å². The number of benzene rings is 1. The smallest absolute Gasteiger partial charge is 0.134 e. The largest absolute Gasteiger partial charge is 0.497 e. The van der Waals surface area contributed by atoms with Crippen molar-refractivity contribution >= 4 is 0 Å². The third-order valence-corrected chi connectivity index (χ3v) is 3.78. The highest BCUT2D eigenvalue weighted by Gasteiger charge is 2.27. The van der Waals surface area contributed by atoms with Crippen molar-refractivity contribution in [3.8, 4) is 5.75 Å². The molecular weight excluding hydrogens is 262 g/mol. The predicted molar refractivity (Wildman–Crippen MR) is 75.0 cm³/mol. The fourth-order valence-corrected chi connectivity index (χ4v) is 2.77. The molecule has 0 amide bonds. The monoisotopic (exact) mass is 284 g/mol. The lowest BCUT2D eigenvalue weighted by atomic mass is 9.98. The molecule has 1 aromatic carbocycles. The Bertz CT molecular complexity index is 424. The summed E-state index contributed by atoms with van der Waals surface area (Å²) in [5.41, 5.74) is 0.176. The van der Waals surface area contributed by atoms with E-state index in [2.05, 4.69) is 10.2 Å². The van der Waals surface area contributed by atoms with Crippen molar-refractivity contribution < 1.29 is 13.5 Å². The van der Waals surface area contributed by atoms with E-state index >= 15 is 0 Å². The Kier molecular flexibility index (Phi) is 5.31. The minimum absolute atomic E-state index is 0.176. The average Bonchev–Trinajstić information content (AvgIpc) is 2.46. The molecule has 2 rings (SSSR count). The van der Waals surface area contributed by atoms with E-state index in [4.69, 9.17) is 4.74 Å². The molecule has 1 heterocycles. The van der Waals surface area contributed by atoms with E-state index < -0.39 is 11.6 Å². The summed E-state index contributed by atoms with van der Waals surface area (Å²) in [4.78, 5) is 2.16. The van der Waals surface area contributed by atoms with Gasteiger partial charge in [-0.05, 0) is 6.42 Å². The maximum Gasteiger partial charge on any atom is 0.134 e. The van der Waals surface area contributed by atoms with Crippen molar-refractivity contribution in [1.82, 2.24) is 10.2 Å². The number of nitrogens with zero attached hydrogens (tertiary/aromatic N) is 1. The van der Waals surface area contributed by atoms with Crippen LogP contribution in [-0.4, -0.2) is 38.2 Å².